The first-order valence-electron chi connectivity index (χ1n) is 8.31. The molecule has 0 radical (unpaired) electrons. The van der Waals surface area contributed by atoms with Gasteiger partial charge in [0.2, 0.25) is 0 Å². The molecule has 0 aliphatic carbocycles. The van der Waals surface area contributed by atoms with Crippen molar-refractivity contribution in [1.82, 2.24) is 4.90 Å². The van der Waals surface area contributed by atoms with E-state index in [9.17, 15) is 14.7 Å². The lowest BCUT2D eigenvalue weighted by Crippen LogP contribution is -2.32. The van der Waals surface area contributed by atoms with Crippen LogP contribution in [0.4, 0.5) is 0 Å². The van der Waals surface area contributed by atoms with Crippen molar-refractivity contribution in [2.45, 2.75) is 52.7 Å². The van der Waals surface area contributed by atoms with Gasteiger partial charge in [-0.2, -0.15) is 0 Å². The van der Waals surface area contributed by atoms with Gasteiger partial charge < -0.3 is 14.7 Å². The maximum Gasteiger partial charge on any atom is 0.290 e. The molecule has 0 saturated heterocycles. The Hall–Kier alpha value is -1.66. The summed E-state index contributed by atoms with van der Waals surface area (Å²) >= 11 is 1.51. The van der Waals surface area contributed by atoms with Gasteiger partial charge in [-0.25, -0.2) is 0 Å². The number of rotatable bonds is 8. The minimum atomic E-state index is -0.482. The van der Waals surface area contributed by atoms with Crippen molar-refractivity contribution in [3.05, 3.63) is 33.2 Å². The molecule has 5 nitrogen and oxygen atoms in total. The van der Waals surface area contributed by atoms with E-state index < -0.39 is 17.7 Å². The summed E-state index contributed by atoms with van der Waals surface area (Å²) in [5, 5.41) is 12.2. The van der Waals surface area contributed by atoms with Crippen LogP contribution in [0.1, 0.15) is 50.1 Å². The normalized spacial score (nSPS) is 18.1. The van der Waals surface area contributed by atoms with Gasteiger partial charge in [-0.3, -0.25) is 9.59 Å². The van der Waals surface area contributed by atoms with Gasteiger partial charge in [-0.15, -0.1) is 11.3 Å². The molecule has 0 spiro atoms. The lowest BCUT2D eigenvalue weighted by Gasteiger charge is -2.26. The summed E-state index contributed by atoms with van der Waals surface area (Å²) in [5.41, 5.74) is 1.26. The van der Waals surface area contributed by atoms with Gasteiger partial charge in [0, 0.05) is 24.4 Å². The van der Waals surface area contributed by atoms with E-state index in [2.05, 4.69) is 0 Å². The van der Waals surface area contributed by atoms with Crippen molar-refractivity contribution < 1.29 is 19.4 Å². The van der Waals surface area contributed by atoms with Crippen molar-refractivity contribution in [2.24, 2.45) is 0 Å². The Kier molecular flexibility index (Phi) is 6.18. The highest BCUT2D eigenvalue weighted by Crippen LogP contribution is 2.41. The maximum atomic E-state index is 12.5. The minimum Gasteiger partial charge on any atom is -0.503 e. The van der Waals surface area contributed by atoms with E-state index in [1.54, 1.807) is 11.8 Å². The standard InChI is InChI=1S/C18H25NO4S/c1-5-13(20)14-15(17-12(4)7-10-24-17)19(18(22)16(14)21)8-6-9-23-11(2)3/h7,10-11,15,21H,5-6,8-9H2,1-4H3. The molecule has 0 bridgehead atoms. The topological polar surface area (TPSA) is 66.8 Å². The van der Waals surface area contributed by atoms with Crippen LogP contribution in [0.25, 0.3) is 0 Å². The van der Waals surface area contributed by atoms with Crippen LogP contribution in [0, 0.1) is 6.92 Å². The largest absolute Gasteiger partial charge is 0.503 e. The predicted molar refractivity (Wildman–Crippen MR) is 94.2 cm³/mol. The highest BCUT2D eigenvalue weighted by atomic mass is 32.1. The Morgan fingerprint density at radius 2 is 2.17 bits per heavy atom. The number of aryl methyl sites for hydroxylation is 1. The van der Waals surface area contributed by atoms with E-state index in [1.807, 2.05) is 32.2 Å². The van der Waals surface area contributed by atoms with Gasteiger partial charge in [-0.1, -0.05) is 6.92 Å². The second-order valence-electron chi connectivity index (χ2n) is 6.18. The number of Topliss-reactive ketones (excluding diaryl/α,β-unsaturated/α-hetero) is 1. The smallest absolute Gasteiger partial charge is 0.290 e. The van der Waals surface area contributed by atoms with E-state index in [1.165, 1.54) is 11.3 Å². The van der Waals surface area contributed by atoms with Crippen molar-refractivity contribution in [3.63, 3.8) is 0 Å². The van der Waals surface area contributed by atoms with Crippen LogP contribution in [0.5, 0.6) is 0 Å². The van der Waals surface area contributed by atoms with Crippen LogP contribution in [0.3, 0.4) is 0 Å². The van der Waals surface area contributed by atoms with E-state index in [0.717, 1.165) is 10.4 Å². The van der Waals surface area contributed by atoms with Crippen LogP contribution in [0.15, 0.2) is 22.8 Å². The Morgan fingerprint density at radius 3 is 2.71 bits per heavy atom. The summed E-state index contributed by atoms with van der Waals surface area (Å²) in [6.07, 6.45) is 1.06. The summed E-state index contributed by atoms with van der Waals surface area (Å²) in [5.74, 6) is -1.04. The highest BCUT2D eigenvalue weighted by molar-refractivity contribution is 7.10. The van der Waals surface area contributed by atoms with Crippen LogP contribution < -0.4 is 0 Å². The lowest BCUT2D eigenvalue weighted by molar-refractivity contribution is -0.129. The van der Waals surface area contributed by atoms with Gasteiger partial charge in [-0.05, 0) is 44.2 Å². The molecule has 2 heterocycles. The molecule has 132 valence electrons. The Labute approximate surface area is 146 Å². The van der Waals surface area contributed by atoms with Crippen molar-refractivity contribution in [1.29, 1.82) is 0 Å². The molecule has 6 heteroatoms. The molecule has 1 amide bonds. The Bertz CT molecular complexity index is 647. The second kappa shape index (κ2) is 7.94. The van der Waals surface area contributed by atoms with Crippen LogP contribution in [0.2, 0.25) is 0 Å². The lowest BCUT2D eigenvalue weighted by atomic mass is 9.98. The number of thiophene rings is 1. The first kappa shape index (κ1) is 18.7. The van der Waals surface area contributed by atoms with Crippen LogP contribution in [-0.4, -0.2) is 41.0 Å². The summed E-state index contributed by atoms with van der Waals surface area (Å²) in [6, 6.07) is 1.48. The highest BCUT2D eigenvalue weighted by Gasteiger charge is 2.43. The second-order valence-corrected chi connectivity index (χ2v) is 7.13. The summed E-state index contributed by atoms with van der Waals surface area (Å²) in [6.45, 7) is 8.60. The monoisotopic (exact) mass is 351 g/mol. The Balaban J connectivity index is 2.27. The number of ketones is 1. The summed E-state index contributed by atoms with van der Waals surface area (Å²) in [4.78, 5) is 27.4. The minimum absolute atomic E-state index is 0.137. The quantitative estimate of drug-likeness (QED) is 0.728. The van der Waals surface area contributed by atoms with E-state index >= 15 is 0 Å². The van der Waals surface area contributed by atoms with Gasteiger partial charge in [0.05, 0.1) is 17.7 Å². The van der Waals surface area contributed by atoms with Crippen LogP contribution >= 0.6 is 11.3 Å². The molecule has 0 fully saturated rings. The number of aliphatic hydroxyl groups excluding tert-OH is 1. The average molecular weight is 351 g/mol. The zero-order valence-electron chi connectivity index (χ0n) is 14.7. The molecule has 1 unspecified atom stereocenters. The number of hydrogen-bond acceptors (Lipinski definition) is 5. The fourth-order valence-electron chi connectivity index (χ4n) is 2.85. The summed E-state index contributed by atoms with van der Waals surface area (Å²) < 4.78 is 5.53. The zero-order valence-corrected chi connectivity index (χ0v) is 15.5. The van der Waals surface area contributed by atoms with Crippen LogP contribution in [-0.2, 0) is 14.3 Å². The number of carbonyl (C=O) groups excluding carboxylic acids is 2. The zero-order chi connectivity index (χ0) is 17.9. The van der Waals surface area contributed by atoms with Crippen molar-refractivity contribution in [2.75, 3.05) is 13.2 Å². The Morgan fingerprint density at radius 1 is 1.46 bits per heavy atom. The molecule has 1 aliphatic heterocycles. The molecule has 2 rings (SSSR count). The molecule has 0 saturated carbocycles. The average Bonchev–Trinajstić information content (AvgIpc) is 3.06. The molecule has 1 aliphatic rings. The molecule has 24 heavy (non-hydrogen) atoms. The van der Waals surface area contributed by atoms with Gasteiger partial charge in [0.25, 0.3) is 5.91 Å². The van der Waals surface area contributed by atoms with Crippen molar-refractivity contribution in [3.8, 4) is 0 Å². The molecule has 1 aromatic rings. The molecule has 1 atom stereocenters. The van der Waals surface area contributed by atoms with E-state index in [4.69, 9.17) is 4.74 Å². The number of carbonyl (C=O) groups is 2. The third-order valence-electron chi connectivity index (χ3n) is 4.07. The molecular weight excluding hydrogens is 326 g/mol. The number of ether oxygens (including phenoxy) is 1. The number of amides is 1. The fourth-order valence-corrected chi connectivity index (χ4v) is 3.90. The van der Waals surface area contributed by atoms with Gasteiger partial charge in [0.15, 0.2) is 11.5 Å². The third kappa shape index (κ3) is 3.70. The SMILES string of the molecule is CCC(=O)C1=C(O)C(=O)N(CCCOC(C)C)C1c1sccc1C. The molecule has 0 aromatic carbocycles. The molecular formula is C18H25NO4S. The van der Waals surface area contributed by atoms with E-state index in [0.29, 0.717) is 19.6 Å². The molecule has 1 aromatic heterocycles. The number of nitrogens with zero attached hydrogens (tertiary/aromatic N) is 1. The first-order valence-corrected chi connectivity index (χ1v) is 9.19. The fraction of sp³-hybridized carbons (Fsp3) is 0.556. The molecule has 1 N–H and O–H groups in total. The number of aliphatic hydroxyl groups is 1. The van der Waals surface area contributed by atoms with Gasteiger partial charge >= 0.3 is 0 Å². The third-order valence-corrected chi connectivity index (χ3v) is 5.14. The summed E-state index contributed by atoms with van der Waals surface area (Å²) in [7, 11) is 0. The maximum absolute atomic E-state index is 12.5. The number of hydrogen-bond donors (Lipinski definition) is 1. The predicted octanol–water partition coefficient (Wildman–Crippen LogP) is 3.55. The van der Waals surface area contributed by atoms with Gasteiger partial charge in [0.1, 0.15) is 0 Å². The van der Waals surface area contributed by atoms with E-state index in [-0.39, 0.29) is 23.9 Å². The van der Waals surface area contributed by atoms with Crippen molar-refractivity contribution >= 4 is 23.0 Å². The first-order chi connectivity index (χ1) is 11.4.